The Morgan fingerprint density at radius 1 is 1.24 bits per heavy atom. The molecule has 3 rings (SSSR count). The molecule has 2 saturated heterocycles. The SMILES string of the molecule is Cl.O=C(CC1CC2CCC(C1)N2)Nc1ccc(F)cc1F. The van der Waals surface area contributed by atoms with Gasteiger partial charge in [0.1, 0.15) is 11.6 Å². The highest BCUT2D eigenvalue weighted by Gasteiger charge is 2.34. The minimum atomic E-state index is -0.733. The summed E-state index contributed by atoms with van der Waals surface area (Å²) in [4.78, 5) is 12.0. The largest absolute Gasteiger partial charge is 0.324 e. The number of halogens is 3. The van der Waals surface area contributed by atoms with Crippen molar-refractivity contribution in [2.75, 3.05) is 5.32 Å². The molecule has 0 radical (unpaired) electrons. The maximum Gasteiger partial charge on any atom is 0.224 e. The Balaban J connectivity index is 0.00000161. The molecule has 0 aromatic heterocycles. The molecule has 1 amide bonds. The summed E-state index contributed by atoms with van der Waals surface area (Å²) in [7, 11) is 0. The number of benzene rings is 1. The van der Waals surface area contributed by atoms with Gasteiger partial charge in [-0.1, -0.05) is 0 Å². The molecule has 2 fully saturated rings. The number of anilines is 1. The molecule has 0 spiro atoms. The Morgan fingerprint density at radius 2 is 1.90 bits per heavy atom. The summed E-state index contributed by atoms with van der Waals surface area (Å²) >= 11 is 0. The van der Waals surface area contributed by atoms with Crippen molar-refractivity contribution in [3.05, 3.63) is 29.8 Å². The molecule has 2 heterocycles. The van der Waals surface area contributed by atoms with Crippen LogP contribution in [0.5, 0.6) is 0 Å². The van der Waals surface area contributed by atoms with E-state index in [4.69, 9.17) is 0 Å². The third kappa shape index (κ3) is 3.92. The van der Waals surface area contributed by atoms with Crippen LogP contribution >= 0.6 is 12.4 Å². The van der Waals surface area contributed by atoms with Crippen molar-refractivity contribution in [2.45, 2.75) is 44.2 Å². The van der Waals surface area contributed by atoms with E-state index in [0.717, 1.165) is 25.0 Å². The third-order valence-electron chi connectivity index (χ3n) is 4.25. The van der Waals surface area contributed by atoms with Crippen LogP contribution in [0.3, 0.4) is 0 Å². The summed E-state index contributed by atoms with van der Waals surface area (Å²) < 4.78 is 26.2. The van der Waals surface area contributed by atoms with Gasteiger partial charge >= 0.3 is 0 Å². The number of carbonyl (C=O) groups excluding carboxylic acids is 1. The second-order valence-electron chi connectivity index (χ2n) is 5.85. The molecule has 2 aliphatic heterocycles. The van der Waals surface area contributed by atoms with Gasteiger partial charge in [-0.25, -0.2) is 8.78 Å². The summed E-state index contributed by atoms with van der Waals surface area (Å²) in [6.07, 6.45) is 4.81. The first-order valence-electron chi connectivity index (χ1n) is 7.11. The second kappa shape index (κ2) is 6.71. The maximum atomic E-state index is 13.5. The van der Waals surface area contributed by atoms with E-state index in [9.17, 15) is 13.6 Å². The first-order chi connectivity index (χ1) is 9.60. The van der Waals surface area contributed by atoms with Gasteiger partial charge < -0.3 is 10.6 Å². The van der Waals surface area contributed by atoms with Gasteiger partial charge in [-0.05, 0) is 43.7 Å². The van der Waals surface area contributed by atoms with Crippen LogP contribution in [0.25, 0.3) is 0 Å². The fourth-order valence-electron chi connectivity index (χ4n) is 3.40. The predicted octanol–water partition coefficient (Wildman–Crippen LogP) is 3.25. The lowest BCUT2D eigenvalue weighted by Gasteiger charge is -2.28. The first kappa shape index (κ1) is 16.2. The zero-order chi connectivity index (χ0) is 14.1. The molecular weight excluding hydrogens is 298 g/mol. The molecule has 3 nitrogen and oxygen atoms in total. The molecule has 0 aliphatic carbocycles. The Labute approximate surface area is 128 Å². The fourth-order valence-corrected chi connectivity index (χ4v) is 3.40. The van der Waals surface area contributed by atoms with E-state index < -0.39 is 11.6 Å². The van der Waals surface area contributed by atoms with Crippen LogP contribution < -0.4 is 10.6 Å². The molecule has 6 heteroatoms. The summed E-state index contributed by atoms with van der Waals surface area (Å²) in [6.45, 7) is 0. The van der Waals surface area contributed by atoms with E-state index in [1.807, 2.05) is 0 Å². The Bertz CT molecular complexity index is 514. The van der Waals surface area contributed by atoms with Gasteiger partial charge in [-0.15, -0.1) is 12.4 Å². The average molecular weight is 317 g/mol. The van der Waals surface area contributed by atoms with Crippen LogP contribution in [0, 0.1) is 17.6 Å². The van der Waals surface area contributed by atoms with Crippen molar-refractivity contribution in [1.82, 2.24) is 5.32 Å². The number of amides is 1. The zero-order valence-corrected chi connectivity index (χ0v) is 12.4. The molecule has 2 N–H and O–H groups in total. The van der Waals surface area contributed by atoms with Gasteiger partial charge in [0.15, 0.2) is 0 Å². The second-order valence-corrected chi connectivity index (χ2v) is 5.85. The van der Waals surface area contributed by atoms with E-state index in [2.05, 4.69) is 10.6 Å². The summed E-state index contributed by atoms with van der Waals surface area (Å²) in [6, 6.07) is 4.25. The number of hydrogen-bond acceptors (Lipinski definition) is 2. The first-order valence-corrected chi connectivity index (χ1v) is 7.11. The minimum Gasteiger partial charge on any atom is -0.324 e. The number of hydrogen-bond donors (Lipinski definition) is 2. The predicted molar refractivity (Wildman–Crippen MR) is 79.5 cm³/mol. The normalized spacial score (nSPS) is 27.0. The lowest BCUT2D eigenvalue weighted by Crippen LogP contribution is -2.39. The molecule has 2 unspecified atom stereocenters. The zero-order valence-electron chi connectivity index (χ0n) is 11.6. The van der Waals surface area contributed by atoms with E-state index in [1.165, 1.54) is 18.9 Å². The molecule has 1 aromatic rings. The maximum absolute atomic E-state index is 13.5. The highest BCUT2D eigenvalue weighted by molar-refractivity contribution is 5.91. The standard InChI is InChI=1S/C15H18F2N2O.ClH/c16-10-1-4-14(13(17)8-10)19-15(20)7-9-5-11-2-3-12(6-9)18-11;/h1,4,8-9,11-12,18H,2-3,5-7H2,(H,19,20);1H. The van der Waals surface area contributed by atoms with E-state index in [1.54, 1.807) is 0 Å². The molecule has 2 atom stereocenters. The molecule has 2 aliphatic rings. The highest BCUT2D eigenvalue weighted by atomic mass is 35.5. The van der Waals surface area contributed by atoms with Crippen LogP contribution in [0.4, 0.5) is 14.5 Å². The Hall–Kier alpha value is -1.20. The fraction of sp³-hybridized carbons (Fsp3) is 0.533. The van der Waals surface area contributed by atoms with Crippen LogP contribution in [-0.4, -0.2) is 18.0 Å². The van der Waals surface area contributed by atoms with Gasteiger partial charge in [0.2, 0.25) is 5.91 Å². The van der Waals surface area contributed by atoms with E-state index in [-0.39, 0.29) is 24.0 Å². The van der Waals surface area contributed by atoms with Gasteiger partial charge in [0, 0.05) is 24.6 Å². The number of carbonyl (C=O) groups is 1. The number of fused-ring (bicyclic) bond motifs is 2. The molecule has 21 heavy (non-hydrogen) atoms. The van der Waals surface area contributed by atoms with Crippen molar-refractivity contribution in [1.29, 1.82) is 0 Å². The molecule has 2 bridgehead atoms. The molecule has 1 aromatic carbocycles. The van der Waals surface area contributed by atoms with Gasteiger partial charge in [0.25, 0.3) is 0 Å². The van der Waals surface area contributed by atoms with Crippen LogP contribution in [-0.2, 0) is 4.79 Å². The third-order valence-corrected chi connectivity index (χ3v) is 4.25. The van der Waals surface area contributed by atoms with Crippen molar-refractivity contribution in [2.24, 2.45) is 5.92 Å². The van der Waals surface area contributed by atoms with Crippen LogP contribution in [0.2, 0.25) is 0 Å². The highest BCUT2D eigenvalue weighted by Crippen LogP contribution is 2.32. The molecule has 0 saturated carbocycles. The van der Waals surface area contributed by atoms with Gasteiger partial charge in [-0.3, -0.25) is 4.79 Å². The summed E-state index contributed by atoms with van der Waals surface area (Å²) in [5.41, 5.74) is 0.0494. The van der Waals surface area contributed by atoms with E-state index >= 15 is 0 Å². The topological polar surface area (TPSA) is 41.1 Å². The van der Waals surface area contributed by atoms with Crippen molar-refractivity contribution >= 4 is 24.0 Å². The Kier molecular flexibility index (Phi) is 5.17. The van der Waals surface area contributed by atoms with Crippen molar-refractivity contribution in [3.63, 3.8) is 0 Å². The van der Waals surface area contributed by atoms with Gasteiger partial charge in [-0.2, -0.15) is 0 Å². The average Bonchev–Trinajstić information content (AvgIpc) is 2.72. The van der Waals surface area contributed by atoms with Crippen molar-refractivity contribution < 1.29 is 13.6 Å². The minimum absolute atomic E-state index is 0. The quantitative estimate of drug-likeness (QED) is 0.899. The Morgan fingerprint density at radius 3 is 2.52 bits per heavy atom. The number of nitrogens with one attached hydrogen (secondary N) is 2. The summed E-state index contributed by atoms with van der Waals surface area (Å²) in [5, 5.41) is 6.06. The smallest absolute Gasteiger partial charge is 0.224 e. The van der Waals surface area contributed by atoms with Gasteiger partial charge in [0.05, 0.1) is 5.69 Å². The number of rotatable bonds is 3. The molecule has 116 valence electrons. The van der Waals surface area contributed by atoms with Crippen LogP contribution in [0.1, 0.15) is 32.1 Å². The van der Waals surface area contributed by atoms with Crippen LogP contribution in [0.15, 0.2) is 18.2 Å². The number of piperidine rings is 1. The summed E-state index contributed by atoms with van der Waals surface area (Å²) in [5.74, 6) is -1.21. The van der Waals surface area contributed by atoms with Crippen molar-refractivity contribution in [3.8, 4) is 0 Å². The molecular formula is C15H19ClF2N2O. The lowest BCUT2D eigenvalue weighted by molar-refractivity contribution is -0.117. The lowest BCUT2D eigenvalue weighted by atomic mass is 9.89. The van der Waals surface area contributed by atoms with E-state index in [0.29, 0.717) is 24.4 Å². The monoisotopic (exact) mass is 316 g/mol.